The number of nitrogens with one attached hydrogen (secondary N) is 2. The fourth-order valence-corrected chi connectivity index (χ4v) is 2.12. The molecule has 26 heavy (non-hydrogen) atoms. The molecule has 0 unspecified atom stereocenters. The normalized spacial score (nSPS) is 11.5. The van der Waals surface area contributed by atoms with Crippen LogP contribution in [0.25, 0.3) is 0 Å². The Balaban J connectivity index is 3.45. The minimum absolute atomic E-state index is 0.0408. The van der Waals surface area contributed by atoms with Gasteiger partial charge in [-0.1, -0.05) is 13.2 Å². The third-order valence-electron chi connectivity index (χ3n) is 3.63. The van der Waals surface area contributed by atoms with Gasteiger partial charge in [-0.05, 0) is 25.3 Å². The number of hydrogen-bond donors (Lipinski definition) is 3. The first-order chi connectivity index (χ1) is 12.2. The monoisotopic (exact) mass is 362 g/mol. The minimum Gasteiger partial charge on any atom is -0.405 e. The molecule has 140 valence electrons. The summed E-state index contributed by atoms with van der Waals surface area (Å²) in [5.74, 6) is -0.548. The van der Waals surface area contributed by atoms with Crippen LogP contribution in [-0.2, 0) is 7.05 Å². The summed E-state index contributed by atoms with van der Waals surface area (Å²) in [5, 5.41) is 10.4. The van der Waals surface area contributed by atoms with E-state index in [1.165, 1.54) is 28.8 Å². The smallest absolute Gasteiger partial charge is 0.338 e. The van der Waals surface area contributed by atoms with E-state index >= 15 is 0 Å². The Hall–Kier alpha value is -3.36. The summed E-state index contributed by atoms with van der Waals surface area (Å²) in [5.41, 5.74) is 5.26. The lowest BCUT2D eigenvalue weighted by Gasteiger charge is -2.15. The van der Waals surface area contributed by atoms with E-state index in [4.69, 9.17) is 11.1 Å². The topological polar surface area (TPSA) is 109 Å². The Morgan fingerprint density at radius 1 is 1.46 bits per heavy atom. The second-order valence-electron chi connectivity index (χ2n) is 5.36. The van der Waals surface area contributed by atoms with E-state index in [1.54, 1.807) is 14.0 Å². The van der Waals surface area contributed by atoms with Crippen molar-refractivity contribution in [2.24, 2.45) is 12.8 Å². The highest BCUT2D eigenvalue weighted by molar-refractivity contribution is 5.90. The number of rotatable bonds is 7. The number of hydrogen-bond acceptors (Lipinski definition) is 5. The third kappa shape index (κ3) is 4.18. The van der Waals surface area contributed by atoms with Crippen LogP contribution in [0.1, 0.15) is 12.6 Å². The number of carbonyl (C=O) groups excluding carboxylic acids is 1. The Kier molecular flexibility index (Phi) is 6.88. The van der Waals surface area contributed by atoms with E-state index in [2.05, 4.69) is 18.5 Å². The van der Waals surface area contributed by atoms with Gasteiger partial charge >= 0.3 is 11.7 Å². The molecule has 0 aliphatic rings. The lowest BCUT2D eigenvalue weighted by molar-refractivity contribution is 0.211. The molecule has 1 heterocycles. The van der Waals surface area contributed by atoms with Crippen LogP contribution in [0.15, 0.2) is 53.4 Å². The standard InChI is InChI=1S/C17H23FN6O2/c1-6-22(4)16(25)24-14(10-20)15(23(5)17(24)26)21-12(3)13(7-8-19)9-11(2)18/h7-10,20-21H,2-3,6,19H2,1,4-5H3/b8-7-,13-9+,20-10?. The van der Waals surface area contributed by atoms with E-state index in [0.29, 0.717) is 6.54 Å². The summed E-state index contributed by atoms with van der Waals surface area (Å²) in [7, 11) is 2.98. The summed E-state index contributed by atoms with van der Waals surface area (Å²) in [6.07, 6.45) is 4.58. The average Bonchev–Trinajstić information content (AvgIpc) is 2.83. The summed E-state index contributed by atoms with van der Waals surface area (Å²) in [6.45, 7) is 9.09. The largest absolute Gasteiger partial charge is 0.405 e. The Bertz CT molecular complexity index is 859. The molecule has 1 aromatic heterocycles. The van der Waals surface area contributed by atoms with Crippen molar-refractivity contribution in [2.45, 2.75) is 6.92 Å². The van der Waals surface area contributed by atoms with Gasteiger partial charge in [0, 0.05) is 38.1 Å². The van der Waals surface area contributed by atoms with Gasteiger partial charge < -0.3 is 21.4 Å². The molecule has 0 saturated heterocycles. The van der Waals surface area contributed by atoms with Gasteiger partial charge in [0.25, 0.3) is 0 Å². The minimum atomic E-state index is -0.709. The number of aromatic nitrogens is 2. The van der Waals surface area contributed by atoms with Gasteiger partial charge in [0.05, 0.1) is 0 Å². The first-order valence-electron chi connectivity index (χ1n) is 7.67. The highest BCUT2D eigenvalue weighted by Gasteiger charge is 2.23. The predicted octanol–water partition coefficient (Wildman–Crippen LogP) is 1.91. The SMILES string of the molecule is C=C(F)/C=C(\C=C/N)C(=C)Nc1c(C=N)n(C(=O)N(C)CC)c(=O)n1C. The highest BCUT2D eigenvalue weighted by atomic mass is 19.1. The number of nitrogens with zero attached hydrogens (tertiary/aromatic N) is 3. The number of amides is 1. The van der Waals surface area contributed by atoms with E-state index in [0.717, 1.165) is 16.9 Å². The third-order valence-corrected chi connectivity index (χ3v) is 3.63. The van der Waals surface area contributed by atoms with Crippen molar-refractivity contribution >= 4 is 18.1 Å². The van der Waals surface area contributed by atoms with E-state index in [-0.39, 0.29) is 22.8 Å². The summed E-state index contributed by atoms with van der Waals surface area (Å²) >= 11 is 0. The van der Waals surface area contributed by atoms with E-state index in [9.17, 15) is 14.0 Å². The van der Waals surface area contributed by atoms with Crippen molar-refractivity contribution in [3.63, 3.8) is 0 Å². The summed E-state index contributed by atoms with van der Waals surface area (Å²) in [4.78, 5) is 26.2. The highest BCUT2D eigenvalue weighted by Crippen LogP contribution is 2.19. The molecule has 0 aromatic carbocycles. The molecule has 1 amide bonds. The molecule has 0 fully saturated rings. The van der Waals surface area contributed by atoms with Gasteiger partial charge in [-0.3, -0.25) is 4.57 Å². The van der Waals surface area contributed by atoms with Crippen LogP contribution in [0.2, 0.25) is 0 Å². The molecule has 0 aliphatic carbocycles. The van der Waals surface area contributed by atoms with Gasteiger partial charge in [0.15, 0.2) is 0 Å². The number of nitrogens with two attached hydrogens (primary N) is 1. The predicted molar refractivity (Wildman–Crippen MR) is 101 cm³/mol. The lowest BCUT2D eigenvalue weighted by Crippen LogP contribution is -2.38. The number of anilines is 1. The first kappa shape index (κ1) is 20.7. The number of halogens is 1. The fourth-order valence-electron chi connectivity index (χ4n) is 2.12. The summed E-state index contributed by atoms with van der Waals surface area (Å²) in [6, 6.07) is -0.569. The van der Waals surface area contributed by atoms with Crippen molar-refractivity contribution < 1.29 is 9.18 Å². The molecule has 8 nitrogen and oxygen atoms in total. The van der Waals surface area contributed by atoms with Gasteiger partial charge in [-0.15, -0.1) is 0 Å². The molecule has 9 heteroatoms. The van der Waals surface area contributed by atoms with Crippen molar-refractivity contribution in [1.29, 1.82) is 5.41 Å². The van der Waals surface area contributed by atoms with Gasteiger partial charge in [-0.2, -0.15) is 0 Å². The summed E-state index contributed by atoms with van der Waals surface area (Å²) < 4.78 is 15.2. The van der Waals surface area contributed by atoms with Crippen LogP contribution in [-0.4, -0.2) is 39.9 Å². The fraction of sp³-hybridized carbons (Fsp3) is 0.235. The van der Waals surface area contributed by atoms with Crippen LogP contribution < -0.4 is 16.7 Å². The number of allylic oxidation sites excluding steroid dienone is 3. The molecular formula is C17H23FN6O2. The zero-order valence-electron chi connectivity index (χ0n) is 15.0. The molecule has 0 aliphatic heterocycles. The van der Waals surface area contributed by atoms with Crippen LogP contribution in [0.4, 0.5) is 15.0 Å². The zero-order chi connectivity index (χ0) is 20.0. The Morgan fingerprint density at radius 3 is 2.54 bits per heavy atom. The quantitative estimate of drug-likeness (QED) is 0.508. The molecule has 1 aromatic rings. The number of carbonyl (C=O) groups is 1. The molecule has 4 N–H and O–H groups in total. The first-order valence-corrected chi connectivity index (χ1v) is 7.67. The maximum Gasteiger partial charge on any atom is 0.338 e. The van der Waals surface area contributed by atoms with Crippen molar-refractivity contribution in [3.8, 4) is 0 Å². The van der Waals surface area contributed by atoms with E-state index < -0.39 is 17.5 Å². The maximum absolute atomic E-state index is 13.1. The molecule has 0 spiro atoms. The molecular weight excluding hydrogens is 339 g/mol. The van der Waals surface area contributed by atoms with Gasteiger partial charge in [0.1, 0.15) is 17.3 Å². The van der Waals surface area contributed by atoms with Crippen molar-refractivity contribution in [1.82, 2.24) is 14.0 Å². The molecule has 0 radical (unpaired) electrons. The zero-order valence-corrected chi connectivity index (χ0v) is 15.0. The van der Waals surface area contributed by atoms with Gasteiger partial charge in [0.2, 0.25) is 0 Å². The number of imidazole rings is 1. The average molecular weight is 362 g/mol. The van der Waals surface area contributed by atoms with Crippen LogP contribution in [0.5, 0.6) is 0 Å². The molecule has 0 atom stereocenters. The second kappa shape index (κ2) is 8.65. The van der Waals surface area contributed by atoms with Crippen LogP contribution in [0, 0.1) is 5.41 Å². The van der Waals surface area contributed by atoms with Crippen molar-refractivity contribution in [2.75, 3.05) is 18.9 Å². The molecule has 0 bridgehead atoms. The van der Waals surface area contributed by atoms with Crippen LogP contribution >= 0.6 is 0 Å². The Morgan fingerprint density at radius 2 is 2.08 bits per heavy atom. The Labute approximate surface area is 150 Å². The van der Waals surface area contributed by atoms with Crippen LogP contribution in [0.3, 0.4) is 0 Å². The second-order valence-corrected chi connectivity index (χ2v) is 5.36. The molecule has 1 rings (SSSR count). The maximum atomic E-state index is 13.1. The van der Waals surface area contributed by atoms with Gasteiger partial charge in [-0.25, -0.2) is 18.5 Å². The van der Waals surface area contributed by atoms with Crippen molar-refractivity contribution in [3.05, 3.63) is 64.8 Å². The lowest BCUT2D eigenvalue weighted by atomic mass is 10.1. The van der Waals surface area contributed by atoms with E-state index in [1.807, 2.05) is 0 Å². The molecule has 0 saturated carbocycles.